The summed E-state index contributed by atoms with van der Waals surface area (Å²) < 4.78 is 0. The van der Waals surface area contributed by atoms with Gasteiger partial charge in [0, 0.05) is 0 Å². The molecule has 1 aromatic rings. The normalized spacial score (nSPS) is 10.5. The van der Waals surface area contributed by atoms with Gasteiger partial charge in [0.15, 0.2) is 0 Å². The van der Waals surface area contributed by atoms with Crippen molar-refractivity contribution in [2.45, 2.75) is 0 Å². The quantitative estimate of drug-likeness (QED) is 0.591. The molecule has 0 amide bonds. The SMILES string of the molecule is Oc1cccc(/C=C/S)c1. The van der Waals surface area contributed by atoms with Crippen molar-refractivity contribution in [2.75, 3.05) is 0 Å². The van der Waals surface area contributed by atoms with Gasteiger partial charge in [-0.25, -0.2) is 0 Å². The molecule has 1 N–H and O–H groups in total. The zero-order chi connectivity index (χ0) is 7.40. The van der Waals surface area contributed by atoms with E-state index in [0.717, 1.165) is 5.56 Å². The molecule has 10 heavy (non-hydrogen) atoms. The van der Waals surface area contributed by atoms with Gasteiger partial charge in [0.05, 0.1) is 0 Å². The van der Waals surface area contributed by atoms with Crippen LogP contribution in [0.4, 0.5) is 0 Å². The standard InChI is InChI=1S/C8H8OS/c9-8-3-1-2-7(6-8)4-5-10/h1-6,9-10H/b5-4+. The second-order valence-electron chi connectivity index (χ2n) is 1.91. The lowest BCUT2D eigenvalue weighted by Crippen LogP contribution is -1.68. The van der Waals surface area contributed by atoms with Gasteiger partial charge in [-0.3, -0.25) is 0 Å². The molecular weight excluding hydrogens is 144 g/mol. The first-order valence-corrected chi connectivity index (χ1v) is 3.44. The molecule has 1 rings (SSSR count). The largest absolute Gasteiger partial charge is 0.508 e. The maximum Gasteiger partial charge on any atom is 0.116 e. The average molecular weight is 152 g/mol. The molecule has 0 heterocycles. The van der Waals surface area contributed by atoms with Gasteiger partial charge in [-0.1, -0.05) is 12.1 Å². The summed E-state index contributed by atoms with van der Waals surface area (Å²) in [5.74, 6) is 0.281. The van der Waals surface area contributed by atoms with Gasteiger partial charge >= 0.3 is 0 Å². The number of hydrogen-bond donors (Lipinski definition) is 2. The Balaban J connectivity index is 2.95. The van der Waals surface area contributed by atoms with Gasteiger partial charge in [0.2, 0.25) is 0 Å². The first kappa shape index (κ1) is 7.22. The van der Waals surface area contributed by atoms with E-state index in [2.05, 4.69) is 12.6 Å². The number of benzene rings is 1. The van der Waals surface area contributed by atoms with Crippen LogP contribution in [0.25, 0.3) is 6.08 Å². The number of hydrogen-bond acceptors (Lipinski definition) is 2. The summed E-state index contributed by atoms with van der Waals surface area (Å²) in [6.45, 7) is 0. The molecule has 0 aliphatic heterocycles. The van der Waals surface area contributed by atoms with Crippen molar-refractivity contribution in [3.63, 3.8) is 0 Å². The van der Waals surface area contributed by atoms with Crippen LogP contribution in [0.1, 0.15) is 5.56 Å². The molecule has 0 saturated carbocycles. The topological polar surface area (TPSA) is 20.2 Å². The number of thiol groups is 1. The van der Waals surface area contributed by atoms with E-state index < -0.39 is 0 Å². The van der Waals surface area contributed by atoms with Crippen LogP contribution in [0, 0.1) is 0 Å². The molecule has 1 nitrogen and oxygen atoms in total. The second-order valence-corrected chi connectivity index (χ2v) is 2.21. The summed E-state index contributed by atoms with van der Waals surface area (Å²) in [7, 11) is 0. The Bertz CT molecular complexity index is 243. The monoisotopic (exact) mass is 152 g/mol. The van der Waals surface area contributed by atoms with Gasteiger partial charge in [0.1, 0.15) is 5.75 Å². The molecule has 0 unspecified atom stereocenters. The number of rotatable bonds is 1. The van der Waals surface area contributed by atoms with Crippen LogP contribution in [0.3, 0.4) is 0 Å². The van der Waals surface area contributed by atoms with Crippen LogP contribution in [0.5, 0.6) is 5.75 Å². The van der Waals surface area contributed by atoms with E-state index in [-0.39, 0.29) is 5.75 Å². The predicted molar refractivity (Wildman–Crippen MR) is 46.1 cm³/mol. The molecule has 52 valence electrons. The third-order valence-electron chi connectivity index (χ3n) is 1.14. The Labute approximate surface area is 65.4 Å². The molecule has 0 aliphatic carbocycles. The van der Waals surface area contributed by atoms with Crippen LogP contribution in [-0.2, 0) is 0 Å². The molecule has 2 heteroatoms. The van der Waals surface area contributed by atoms with Crippen LogP contribution in [0.15, 0.2) is 29.7 Å². The molecule has 0 atom stereocenters. The minimum Gasteiger partial charge on any atom is -0.508 e. The Hall–Kier alpha value is -0.890. The molecule has 0 radical (unpaired) electrons. The summed E-state index contributed by atoms with van der Waals surface area (Å²) >= 11 is 3.90. The lowest BCUT2D eigenvalue weighted by Gasteiger charge is -1.92. The van der Waals surface area contributed by atoms with E-state index in [1.54, 1.807) is 23.6 Å². The molecular formula is C8H8OS. The summed E-state index contributed by atoms with van der Waals surface area (Å²) in [6.07, 6.45) is 1.81. The highest BCUT2D eigenvalue weighted by Crippen LogP contribution is 2.11. The van der Waals surface area contributed by atoms with E-state index in [4.69, 9.17) is 5.11 Å². The van der Waals surface area contributed by atoms with Gasteiger partial charge in [-0.15, -0.1) is 0 Å². The van der Waals surface area contributed by atoms with Crippen molar-refractivity contribution < 1.29 is 5.11 Å². The molecule has 0 aliphatic rings. The first-order chi connectivity index (χ1) is 4.83. The minimum absolute atomic E-state index is 0.281. The van der Waals surface area contributed by atoms with E-state index in [0.29, 0.717) is 0 Å². The third-order valence-corrected chi connectivity index (χ3v) is 1.29. The van der Waals surface area contributed by atoms with Crippen LogP contribution in [-0.4, -0.2) is 5.11 Å². The third kappa shape index (κ3) is 1.81. The first-order valence-electron chi connectivity index (χ1n) is 2.93. The second kappa shape index (κ2) is 3.32. The number of phenolic OH excluding ortho intramolecular Hbond substituents is 1. The Morgan fingerprint density at radius 2 is 2.20 bits per heavy atom. The lowest BCUT2D eigenvalue weighted by molar-refractivity contribution is 0.475. The van der Waals surface area contributed by atoms with Gasteiger partial charge < -0.3 is 5.11 Å². The van der Waals surface area contributed by atoms with Crippen LogP contribution < -0.4 is 0 Å². The highest BCUT2D eigenvalue weighted by atomic mass is 32.1. The number of phenols is 1. The fraction of sp³-hybridized carbons (Fsp3) is 0. The van der Waals surface area contributed by atoms with Crippen molar-refractivity contribution in [3.05, 3.63) is 35.2 Å². The Morgan fingerprint density at radius 3 is 2.80 bits per heavy atom. The summed E-state index contributed by atoms with van der Waals surface area (Å²) in [5.41, 5.74) is 0.954. The fourth-order valence-electron chi connectivity index (χ4n) is 0.715. The van der Waals surface area contributed by atoms with E-state index >= 15 is 0 Å². The van der Waals surface area contributed by atoms with E-state index in [1.807, 2.05) is 12.1 Å². The summed E-state index contributed by atoms with van der Waals surface area (Å²) in [5, 5.41) is 10.6. The smallest absolute Gasteiger partial charge is 0.116 e. The summed E-state index contributed by atoms with van der Waals surface area (Å²) in [6, 6.07) is 6.99. The molecule has 1 aromatic carbocycles. The van der Waals surface area contributed by atoms with Crippen LogP contribution in [0.2, 0.25) is 0 Å². The van der Waals surface area contributed by atoms with E-state index in [9.17, 15) is 0 Å². The number of aromatic hydroxyl groups is 1. The minimum atomic E-state index is 0.281. The highest BCUT2D eigenvalue weighted by Gasteiger charge is 1.86. The molecule has 0 bridgehead atoms. The average Bonchev–Trinajstić information content (AvgIpc) is 1.88. The maximum absolute atomic E-state index is 8.98. The zero-order valence-corrected chi connectivity index (χ0v) is 6.25. The predicted octanol–water partition coefficient (Wildman–Crippen LogP) is 2.29. The van der Waals surface area contributed by atoms with Crippen LogP contribution >= 0.6 is 12.6 Å². The van der Waals surface area contributed by atoms with Crippen molar-refractivity contribution in [1.29, 1.82) is 0 Å². The van der Waals surface area contributed by atoms with Gasteiger partial charge in [-0.2, -0.15) is 12.6 Å². The Kier molecular flexibility index (Phi) is 2.40. The lowest BCUT2D eigenvalue weighted by atomic mass is 10.2. The van der Waals surface area contributed by atoms with Crippen molar-refractivity contribution in [1.82, 2.24) is 0 Å². The molecule has 0 fully saturated rings. The molecule has 0 aromatic heterocycles. The zero-order valence-electron chi connectivity index (χ0n) is 5.36. The van der Waals surface area contributed by atoms with Gasteiger partial charge in [0.25, 0.3) is 0 Å². The molecule has 0 spiro atoms. The highest BCUT2D eigenvalue weighted by molar-refractivity contribution is 7.83. The van der Waals surface area contributed by atoms with Crippen molar-refractivity contribution in [2.24, 2.45) is 0 Å². The summed E-state index contributed by atoms with van der Waals surface area (Å²) in [4.78, 5) is 0. The maximum atomic E-state index is 8.98. The van der Waals surface area contributed by atoms with E-state index in [1.165, 1.54) is 0 Å². The van der Waals surface area contributed by atoms with Crippen molar-refractivity contribution in [3.8, 4) is 5.75 Å². The molecule has 0 saturated heterocycles. The van der Waals surface area contributed by atoms with Gasteiger partial charge in [-0.05, 0) is 29.2 Å². The fourth-order valence-corrected chi connectivity index (χ4v) is 0.887. The Morgan fingerprint density at radius 1 is 1.40 bits per heavy atom. The van der Waals surface area contributed by atoms with Crippen molar-refractivity contribution >= 4 is 18.7 Å².